The van der Waals surface area contributed by atoms with Crippen LogP contribution in [-0.2, 0) is 13.1 Å². The first-order chi connectivity index (χ1) is 13.0. The molecule has 1 saturated carbocycles. The zero-order valence-corrected chi connectivity index (χ0v) is 16.3. The minimum Gasteiger partial charge on any atom is -0.508 e. The van der Waals surface area contributed by atoms with Gasteiger partial charge in [-0.1, -0.05) is 30.3 Å². The standard InChI is InChI=1S/C23H31NO3/c1-17(2)27-23-9-4-3-7-19(23)16-24(20-10-12-21(25)13-11-20)15-18-6-5-8-22(26)14-18/h3-9,14,17,20-21,25-26H,10-13,15-16H2,1-2H3. The molecule has 0 unspecified atom stereocenters. The topological polar surface area (TPSA) is 52.9 Å². The maximum Gasteiger partial charge on any atom is 0.124 e. The van der Waals surface area contributed by atoms with Crippen molar-refractivity contribution in [2.75, 3.05) is 0 Å². The summed E-state index contributed by atoms with van der Waals surface area (Å²) >= 11 is 0. The molecule has 0 heterocycles. The van der Waals surface area contributed by atoms with Crippen LogP contribution in [0.15, 0.2) is 48.5 Å². The molecule has 0 saturated heterocycles. The van der Waals surface area contributed by atoms with Gasteiger partial charge in [0.15, 0.2) is 0 Å². The summed E-state index contributed by atoms with van der Waals surface area (Å²) in [5.41, 5.74) is 2.28. The first-order valence-corrected chi connectivity index (χ1v) is 9.96. The molecule has 2 N–H and O–H groups in total. The first kappa shape index (κ1) is 19.7. The van der Waals surface area contributed by atoms with Gasteiger partial charge in [0.2, 0.25) is 0 Å². The van der Waals surface area contributed by atoms with Gasteiger partial charge in [-0.3, -0.25) is 4.90 Å². The Labute approximate surface area is 162 Å². The summed E-state index contributed by atoms with van der Waals surface area (Å²) in [5, 5.41) is 19.7. The highest BCUT2D eigenvalue weighted by atomic mass is 16.5. The van der Waals surface area contributed by atoms with E-state index in [-0.39, 0.29) is 12.2 Å². The van der Waals surface area contributed by atoms with Crippen molar-refractivity contribution in [2.24, 2.45) is 0 Å². The molecule has 0 aliphatic heterocycles. The number of nitrogens with zero attached hydrogens (tertiary/aromatic N) is 1. The van der Waals surface area contributed by atoms with Gasteiger partial charge in [-0.05, 0) is 63.3 Å². The lowest BCUT2D eigenvalue weighted by Crippen LogP contribution is -2.38. The van der Waals surface area contributed by atoms with Gasteiger partial charge >= 0.3 is 0 Å². The Hall–Kier alpha value is -2.04. The van der Waals surface area contributed by atoms with Gasteiger partial charge < -0.3 is 14.9 Å². The smallest absolute Gasteiger partial charge is 0.124 e. The monoisotopic (exact) mass is 369 g/mol. The molecule has 1 aliphatic carbocycles. The van der Waals surface area contributed by atoms with Crippen LogP contribution in [0.5, 0.6) is 11.5 Å². The second kappa shape index (κ2) is 9.25. The molecule has 0 atom stereocenters. The number of aliphatic hydroxyl groups excluding tert-OH is 1. The van der Waals surface area contributed by atoms with E-state index in [2.05, 4.69) is 23.1 Å². The minimum absolute atomic E-state index is 0.135. The first-order valence-electron chi connectivity index (χ1n) is 9.96. The maximum atomic E-state index is 9.90. The normalized spacial score (nSPS) is 20.2. The van der Waals surface area contributed by atoms with Crippen LogP contribution in [-0.4, -0.2) is 33.4 Å². The quantitative estimate of drug-likeness (QED) is 0.755. The molecule has 1 aliphatic rings. The van der Waals surface area contributed by atoms with Crippen LogP contribution in [0.2, 0.25) is 0 Å². The minimum atomic E-state index is -0.166. The highest BCUT2D eigenvalue weighted by Crippen LogP contribution is 2.29. The lowest BCUT2D eigenvalue weighted by molar-refractivity contribution is 0.0658. The van der Waals surface area contributed by atoms with E-state index in [1.807, 2.05) is 38.1 Å². The van der Waals surface area contributed by atoms with Gasteiger partial charge in [-0.25, -0.2) is 0 Å². The van der Waals surface area contributed by atoms with Crippen molar-refractivity contribution in [3.63, 3.8) is 0 Å². The van der Waals surface area contributed by atoms with Crippen molar-refractivity contribution in [1.29, 1.82) is 0 Å². The molecule has 0 radical (unpaired) electrons. The number of rotatable bonds is 7. The fourth-order valence-electron chi connectivity index (χ4n) is 3.85. The van der Waals surface area contributed by atoms with E-state index < -0.39 is 0 Å². The molecule has 27 heavy (non-hydrogen) atoms. The Morgan fingerprint density at radius 3 is 2.44 bits per heavy atom. The molecular weight excluding hydrogens is 338 g/mol. The summed E-state index contributed by atoms with van der Waals surface area (Å²) in [5.74, 6) is 1.24. The highest BCUT2D eigenvalue weighted by Gasteiger charge is 2.26. The van der Waals surface area contributed by atoms with Gasteiger partial charge in [0.25, 0.3) is 0 Å². The van der Waals surface area contributed by atoms with Crippen LogP contribution >= 0.6 is 0 Å². The lowest BCUT2D eigenvalue weighted by atomic mass is 9.91. The second-order valence-corrected chi connectivity index (χ2v) is 7.81. The van der Waals surface area contributed by atoms with Crippen molar-refractivity contribution in [2.45, 2.75) is 70.9 Å². The van der Waals surface area contributed by atoms with Crippen molar-refractivity contribution >= 4 is 0 Å². The van der Waals surface area contributed by atoms with Crippen molar-refractivity contribution in [1.82, 2.24) is 4.90 Å². The zero-order valence-electron chi connectivity index (χ0n) is 16.3. The van der Waals surface area contributed by atoms with E-state index in [0.29, 0.717) is 11.8 Å². The van der Waals surface area contributed by atoms with Crippen LogP contribution in [0.1, 0.15) is 50.7 Å². The van der Waals surface area contributed by atoms with Gasteiger partial charge in [0, 0.05) is 24.7 Å². The van der Waals surface area contributed by atoms with Gasteiger partial charge in [-0.15, -0.1) is 0 Å². The molecule has 2 aromatic carbocycles. The summed E-state index contributed by atoms with van der Waals surface area (Å²) in [4.78, 5) is 2.46. The van der Waals surface area contributed by atoms with Crippen LogP contribution in [0, 0.1) is 0 Å². The number of phenols is 1. The molecule has 146 valence electrons. The molecule has 0 aromatic heterocycles. The van der Waals surface area contributed by atoms with Crippen LogP contribution in [0.25, 0.3) is 0 Å². The van der Waals surface area contributed by atoms with Crippen molar-refractivity contribution in [3.8, 4) is 11.5 Å². The van der Waals surface area contributed by atoms with Crippen LogP contribution < -0.4 is 4.74 Å². The molecule has 0 bridgehead atoms. The van der Waals surface area contributed by atoms with E-state index in [9.17, 15) is 10.2 Å². The summed E-state index contributed by atoms with van der Waals surface area (Å²) in [7, 11) is 0. The van der Waals surface area contributed by atoms with Crippen molar-refractivity contribution in [3.05, 3.63) is 59.7 Å². The summed E-state index contributed by atoms with van der Waals surface area (Å²) in [6, 6.07) is 16.1. The Kier molecular flexibility index (Phi) is 6.75. The van der Waals surface area contributed by atoms with Crippen LogP contribution in [0.4, 0.5) is 0 Å². The highest BCUT2D eigenvalue weighted by molar-refractivity contribution is 5.34. The number of aromatic hydroxyl groups is 1. The van der Waals surface area contributed by atoms with Crippen molar-refractivity contribution < 1.29 is 14.9 Å². The molecule has 0 amide bonds. The number of benzene rings is 2. The summed E-state index contributed by atoms with van der Waals surface area (Å²) < 4.78 is 6.01. The van der Waals surface area contributed by atoms with Gasteiger partial charge in [0.1, 0.15) is 11.5 Å². The maximum absolute atomic E-state index is 9.90. The molecule has 4 heteroatoms. The lowest BCUT2D eigenvalue weighted by Gasteiger charge is -2.36. The summed E-state index contributed by atoms with van der Waals surface area (Å²) in [6.45, 7) is 5.65. The fourth-order valence-corrected chi connectivity index (χ4v) is 3.85. The second-order valence-electron chi connectivity index (χ2n) is 7.81. The fraction of sp³-hybridized carbons (Fsp3) is 0.478. The third kappa shape index (κ3) is 5.72. The Bertz CT molecular complexity index is 723. The SMILES string of the molecule is CC(C)Oc1ccccc1CN(Cc1cccc(O)c1)C1CCC(O)CC1. The molecule has 0 spiro atoms. The Morgan fingerprint density at radius 1 is 1.00 bits per heavy atom. The molecule has 1 fully saturated rings. The number of aliphatic hydroxyl groups is 1. The Morgan fingerprint density at radius 2 is 1.74 bits per heavy atom. The molecule has 2 aromatic rings. The predicted octanol–water partition coefficient (Wildman–Crippen LogP) is 4.49. The number of ether oxygens (including phenoxy) is 1. The van der Waals surface area contributed by atoms with E-state index >= 15 is 0 Å². The van der Waals surface area contributed by atoms with E-state index in [1.165, 1.54) is 5.56 Å². The van der Waals surface area contributed by atoms with Crippen LogP contribution in [0.3, 0.4) is 0 Å². The summed E-state index contributed by atoms with van der Waals surface area (Å²) in [6.07, 6.45) is 3.66. The zero-order chi connectivity index (χ0) is 19.2. The third-order valence-electron chi connectivity index (χ3n) is 5.19. The van der Waals surface area contributed by atoms with Gasteiger partial charge in [0.05, 0.1) is 12.2 Å². The molecule has 3 rings (SSSR count). The predicted molar refractivity (Wildman–Crippen MR) is 108 cm³/mol. The number of para-hydroxylation sites is 1. The average molecular weight is 370 g/mol. The molecule has 4 nitrogen and oxygen atoms in total. The third-order valence-corrected chi connectivity index (χ3v) is 5.19. The number of hydrogen-bond donors (Lipinski definition) is 2. The van der Waals surface area contributed by atoms with E-state index in [4.69, 9.17) is 4.74 Å². The molecular formula is C23H31NO3. The van der Waals surface area contributed by atoms with E-state index in [0.717, 1.165) is 50.1 Å². The van der Waals surface area contributed by atoms with E-state index in [1.54, 1.807) is 6.07 Å². The largest absolute Gasteiger partial charge is 0.508 e. The average Bonchev–Trinajstić information content (AvgIpc) is 2.63. The van der Waals surface area contributed by atoms with Gasteiger partial charge in [-0.2, -0.15) is 0 Å². The number of phenolic OH excluding ortho intramolecular Hbond substituents is 1. The Balaban J connectivity index is 1.81. The number of hydrogen-bond acceptors (Lipinski definition) is 4.